The molecule has 0 bridgehead atoms. The van der Waals surface area contributed by atoms with Gasteiger partial charge in [0, 0.05) is 52.5 Å². The predicted molar refractivity (Wildman–Crippen MR) is 117 cm³/mol. The molecule has 4 heterocycles. The van der Waals surface area contributed by atoms with E-state index in [1.807, 2.05) is 12.1 Å². The van der Waals surface area contributed by atoms with Crippen molar-refractivity contribution in [1.82, 2.24) is 29.7 Å². The van der Waals surface area contributed by atoms with Crippen molar-refractivity contribution in [3.8, 4) is 0 Å². The van der Waals surface area contributed by atoms with E-state index in [9.17, 15) is 14.4 Å². The third-order valence-electron chi connectivity index (χ3n) is 5.55. The number of nitrogens with one attached hydrogen (secondary N) is 2. The second kappa shape index (κ2) is 8.68. The van der Waals surface area contributed by atoms with E-state index in [0.29, 0.717) is 24.3 Å². The van der Waals surface area contributed by atoms with Crippen LogP contribution in [0.15, 0.2) is 40.2 Å². The maximum atomic E-state index is 12.4. The molecule has 1 saturated heterocycles. The molecule has 31 heavy (non-hydrogen) atoms. The normalized spacial score (nSPS) is 14.7. The van der Waals surface area contributed by atoms with E-state index < -0.39 is 5.69 Å². The number of amides is 1. The number of hydrogen-bond acceptors (Lipinski definition) is 7. The first-order valence-corrected chi connectivity index (χ1v) is 10.3. The third kappa shape index (κ3) is 4.19. The van der Waals surface area contributed by atoms with Gasteiger partial charge in [-0.1, -0.05) is 0 Å². The maximum absolute atomic E-state index is 12.4. The van der Waals surface area contributed by atoms with Crippen LogP contribution >= 0.6 is 0 Å². The molecule has 0 spiro atoms. The van der Waals surface area contributed by atoms with Gasteiger partial charge in [-0.25, -0.2) is 14.8 Å². The standard InChI is InChI=1S/C21H25N7O3/c1-3-28-20(30)18-17(25-21(28)31)10-14(11-24-18)13-26-6-8-27(9-7-26)15-4-5-16(23-12-15)19(29)22-2/h4-5,10-12H,3,6-9,13H2,1-2H3,(H,22,29)(H,25,31). The van der Waals surface area contributed by atoms with Crippen LogP contribution in [0.25, 0.3) is 11.0 Å². The van der Waals surface area contributed by atoms with Gasteiger partial charge < -0.3 is 15.2 Å². The molecule has 3 aromatic heterocycles. The van der Waals surface area contributed by atoms with Crippen molar-refractivity contribution >= 4 is 22.6 Å². The molecule has 2 N–H and O–H groups in total. The molecule has 162 valence electrons. The van der Waals surface area contributed by atoms with E-state index in [1.54, 1.807) is 32.4 Å². The number of carbonyl (C=O) groups is 1. The second-order valence-electron chi connectivity index (χ2n) is 7.46. The van der Waals surface area contributed by atoms with Gasteiger partial charge in [-0.2, -0.15) is 0 Å². The zero-order chi connectivity index (χ0) is 22.0. The van der Waals surface area contributed by atoms with Gasteiger partial charge in [0.2, 0.25) is 0 Å². The highest BCUT2D eigenvalue weighted by molar-refractivity contribution is 5.92. The van der Waals surface area contributed by atoms with Crippen LogP contribution in [-0.2, 0) is 13.1 Å². The number of carbonyl (C=O) groups excluding carboxylic acids is 1. The van der Waals surface area contributed by atoms with Crippen molar-refractivity contribution in [2.75, 3.05) is 38.1 Å². The van der Waals surface area contributed by atoms with Gasteiger partial charge in [-0.3, -0.25) is 19.1 Å². The Bertz CT molecular complexity index is 1210. The van der Waals surface area contributed by atoms with E-state index in [2.05, 4.69) is 30.1 Å². The number of rotatable bonds is 5. The summed E-state index contributed by atoms with van der Waals surface area (Å²) < 4.78 is 1.14. The molecule has 10 heteroatoms. The van der Waals surface area contributed by atoms with Crippen LogP contribution in [0.3, 0.4) is 0 Å². The zero-order valence-corrected chi connectivity index (χ0v) is 17.6. The molecular formula is C21H25N7O3. The third-order valence-corrected chi connectivity index (χ3v) is 5.55. The molecule has 1 aliphatic rings. The molecule has 0 aliphatic carbocycles. The number of anilines is 1. The SMILES string of the molecule is CCn1c(=O)[nH]c2cc(CN3CCN(c4ccc(C(=O)NC)nc4)CC3)cnc2c1=O. The monoisotopic (exact) mass is 423 g/mol. The van der Waals surface area contributed by atoms with Crippen LogP contribution in [-0.4, -0.2) is 63.6 Å². The molecule has 1 aliphatic heterocycles. The number of aromatic nitrogens is 4. The summed E-state index contributed by atoms with van der Waals surface area (Å²) in [5.74, 6) is -0.199. The van der Waals surface area contributed by atoms with Gasteiger partial charge in [0.1, 0.15) is 5.69 Å². The highest BCUT2D eigenvalue weighted by Gasteiger charge is 2.19. The van der Waals surface area contributed by atoms with Gasteiger partial charge in [-0.15, -0.1) is 0 Å². The number of piperazine rings is 1. The quantitative estimate of drug-likeness (QED) is 0.601. The average Bonchev–Trinajstić information content (AvgIpc) is 2.79. The fraction of sp³-hybridized carbons (Fsp3) is 0.381. The lowest BCUT2D eigenvalue weighted by Gasteiger charge is -2.36. The lowest BCUT2D eigenvalue weighted by Crippen LogP contribution is -2.46. The first kappa shape index (κ1) is 20.7. The lowest BCUT2D eigenvalue weighted by atomic mass is 10.2. The van der Waals surface area contributed by atoms with E-state index in [4.69, 9.17) is 0 Å². The highest BCUT2D eigenvalue weighted by Crippen LogP contribution is 2.17. The number of fused-ring (bicyclic) bond motifs is 1. The van der Waals surface area contributed by atoms with Crippen LogP contribution < -0.4 is 21.5 Å². The number of pyridine rings is 2. The van der Waals surface area contributed by atoms with Crippen molar-refractivity contribution in [2.24, 2.45) is 0 Å². The Balaban J connectivity index is 1.42. The Morgan fingerprint density at radius 2 is 1.90 bits per heavy atom. The van der Waals surface area contributed by atoms with Gasteiger partial charge in [0.25, 0.3) is 11.5 Å². The van der Waals surface area contributed by atoms with Crippen molar-refractivity contribution in [1.29, 1.82) is 0 Å². The van der Waals surface area contributed by atoms with Crippen molar-refractivity contribution in [3.63, 3.8) is 0 Å². The minimum atomic E-state index is -0.413. The first-order chi connectivity index (χ1) is 15.0. The number of hydrogen-bond donors (Lipinski definition) is 2. The van der Waals surface area contributed by atoms with Crippen LogP contribution in [0.1, 0.15) is 23.0 Å². The van der Waals surface area contributed by atoms with E-state index in [-0.39, 0.29) is 17.0 Å². The number of H-pyrrole nitrogens is 1. The fourth-order valence-corrected chi connectivity index (χ4v) is 3.81. The molecule has 1 amide bonds. The molecule has 0 atom stereocenters. The molecule has 0 aromatic carbocycles. The predicted octanol–water partition coefficient (Wildman–Crippen LogP) is 0.182. The Hall–Kier alpha value is -3.53. The maximum Gasteiger partial charge on any atom is 0.328 e. The summed E-state index contributed by atoms with van der Waals surface area (Å²) in [5.41, 5.74) is 2.31. The molecule has 0 radical (unpaired) electrons. The molecule has 3 aromatic rings. The summed E-state index contributed by atoms with van der Waals surface area (Å²) in [5, 5.41) is 2.57. The summed E-state index contributed by atoms with van der Waals surface area (Å²) >= 11 is 0. The number of aromatic amines is 1. The van der Waals surface area contributed by atoms with Crippen LogP contribution in [0, 0.1) is 0 Å². The molecule has 4 rings (SSSR count). The minimum absolute atomic E-state index is 0.199. The lowest BCUT2D eigenvalue weighted by molar-refractivity contribution is 0.0958. The Labute approximate surface area is 178 Å². The molecule has 0 saturated carbocycles. The molecule has 1 fully saturated rings. The zero-order valence-electron chi connectivity index (χ0n) is 17.6. The second-order valence-corrected chi connectivity index (χ2v) is 7.46. The van der Waals surface area contributed by atoms with Crippen LogP contribution in [0.4, 0.5) is 5.69 Å². The van der Waals surface area contributed by atoms with E-state index >= 15 is 0 Å². The van der Waals surface area contributed by atoms with Gasteiger partial charge >= 0.3 is 5.69 Å². The first-order valence-electron chi connectivity index (χ1n) is 10.3. The summed E-state index contributed by atoms with van der Waals surface area (Å²) in [4.78, 5) is 51.9. The van der Waals surface area contributed by atoms with Gasteiger partial charge in [-0.05, 0) is 30.7 Å². The van der Waals surface area contributed by atoms with Crippen molar-refractivity contribution in [3.05, 3.63) is 62.7 Å². The highest BCUT2D eigenvalue weighted by atomic mass is 16.2. The van der Waals surface area contributed by atoms with E-state index in [0.717, 1.165) is 42.0 Å². The summed E-state index contributed by atoms with van der Waals surface area (Å²) in [6, 6.07) is 5.48. The van der Waals surface area contributed by atoms with Crippen molar-refractivity contribution < 1.29 is 4.79 Å². The topological polar surface area (TPSA) is 116 Å². The molecular weight excluding hydrogens is 398 g/mol. The summed E-state index contributed by atoms with van der Waals surface area (Å²) in [6.07, 6.45) is 3.43. The van der Waals surface area contributed by atoms with E-state index in [1.165, 1.54) is 0 Å². The van der Waals surface area contributed by atoms with Gasteiger partial charge in [0.15, 0.2) is 5.52 Å². The van der Waals surface area contributed by atoms with Crippen LogP contribution in [0.5, 0.6) is 0 Å². The summed E-state index contributed by atoms with van der Waals surface area (Å²) in [7, 11) is 1.58. The average molecular weight is 423 g/mol. The number of nitrogens with zero attached hydrogens (tertiary/aromatic N) is 5. The Morgan fingerprint density at radius 3 is 2.55 bits per heavy atom. The Morgan fingerprint density at radius 1 is 1.13 bits per heavy atom. The Kier molecular flexibility index (Phi) is 5.81. The largest absolute Gasteiger partial charge is 0.368 e. The molecule has 10 nitrogen and oxygen atoms in total. The summed E-state index contributed by atoms with van der Waals surface area (Å²) in [6.45, 7) is 6.11. The van der Waals surface area contributed by atoms with Crippen molar-refractivity contribution in [2.45, 2.75) is 20.0 Å². The van der Waals surface area contributed by atoms with Gasteiger partial charge in [0.05, 0.1) is 17.4 Å². The minimum Gasteiger partial charge on any atom is -0.368 e. The fourth-order valence-electron chi connectivity index (χ4n) is 3.81. The smallest absolute Gasteiger partial charge is 0.328 e. The molecule has 0 unspecified atom stereocenters. The van der Waals surface area contributed by atoms with Crippen LogP contribution in [0.2, 0.25) is 0 Å².